The topological polar surface area (TPSA) is 24.9 Å². The zero-order valence-electron chi connectivity index (χ0n) is 11.6. The third-order valence-electron chi connectivity index (χ3n) is 2.96. The van der Waals surface area contributed by atoms with Crippen molar-refractivity contribution in [2.45, 2.75) is 33.1 Å². The number of rotatable bonds is 2. The highest BCUT2D eigenvalue weighted by Gasteiger charge is 2.19. The van der Waals surface area contributed by atoms with E-state index in [1.807, 2.05) is 6.07 Å². The van der Waals surface area contributed by atoms with E-state index in [1.165, 1.54) is 0 Å². The third kappa shape index (κ3) is 2.96. The summed E-state index contributed by atoms with van der Waals surface area (Å²) in [4.78, 5) is 4.70. The first kappa shape index (κ1) is 14.4. The van der Waals surface area contributed by atoms with Crippen molar-refractivity contribution in [3.8, 4) is 0 Å². The predicted octanol–water partition coefficient (Wildman–Crippen LogP) is 5.27. The Morgan fingerprint density at radius 2 is 1.84 bits per heavy atom. The van der Waals surface area contributed by atoms with Gasteiger partial charge in [0.05, 0.1) is 10.5 Å². The van der Waals surface area contributed by atoms with Crippen LogP contribution in [-0.2, 0) is 5.41 Å². The normalized spacial score (nSPS) is 11.9. The van der Waals surface area contributed by atoms with Gasteiger partial charge in [-0.25, -0.2) is 0 Å². The van der Waals surface area contributed by atoms with Gasteiger partial charge in [0.15, 0.2) is 0 Å². The van der Waals surface area contributed by atoms with E-state index in [0.29, 0.717) is 10.0 Å². The van der Waals surface area contributed by atoms with Gasteiger partial charge < -0.3 is 5.32 Å². The maximum atomic E-state index is 6.31. The number of nitrogens with zero attached hydrogens (tertiary/aromatic N) is 1. The zero-order valence-corrected chi connectivity index (χ0v) is 13.2. The minimum Gasteiger partial charge on any atom is -0.385 e. The SMILES string of the molecule is CCNc1cc(C(C)(C)C)nc2cc(Cl)cc(Cl)c12. The minimum absolute atomic E-state index is 0.0207. The molecule has 0 saturated carbocycles. The summed E-state index contributed by atoms with van der Waals surface area (Å²) in [5.41, 5.74) is 2.85. The van der Waals surface area contributed by atoms with Gasteiger partial charge in [0.25, 0.3) is 0 Å². The molecule has 0 aliphatic rings. The van der Waals surface area contributed by atoms with Gasteiger partial charge in [0.2, 0.25) is 0 Å². The molecule has 1 aromatic carbocycles. The van der Waals surface area contributed by atoms with Gasteiger partial charge in [-0.15, -0.1) is 0 Å². The van der Waals surface area contributed by atoms with Crippen molar-refractivity contribution < 1.29 is 0 Å². The smallest absolute Gasteiger partial charge is 0.0756 e. The molecule has 2 rings (SSSR count). The molecule has 0 atom stereocenters. The average molecular weight is 297 g/mol. The second kappa shape index (κ2) is 5.18. The van der Waals surface area contributed by atoms with E-state index in [9.17, 15) is 0 Å². The molecule has 0 spiro atoms. The lowest BCUT2D eigenvalue weighted by Crippen LogP contribution is -2.14. The fourth-order valence-electron chi connectivity index (χ4n) is 2.00. The number of halogens is 2. The van der Waals surface area contributed by atoms with Crippen LogP contribution >= 0.6 is 23.2 Å². The summed E-state index contributed by atoms with van der Waals surface area (Å²) in [5, 5.41) is 5.53. The summed E-state index contributed by atoms with van der Waals surface area (Å²) in [6, 6.07) is 5.69. The van der Waals surface area contributed by atoms with Crippen molar-refractivity contribution in [3.63, 3.8) is 0 Å². The number of hydrogen-bond donors (Lipinski definition) is 1. The van der Waals surface area contributed by atoms with Crippen molar-refractivity contribution in [2.75, 3.05) is 11.9 Å². The Balaban J connectivity index is 2.79. The van der Waals surface area contributed by atoms with Crippen LogP contribution in [0.3, 0.4) is 0 Å². The number of anilines is 1. The van der Waals surface area contributed by atoms with E-state index in [-0.39, 0.29) is 5.41 Å². The molecule has 19 heavy (non-hydrogen) atoms. The van der Waals surface area contributed by atoms with Crippen molar-refractivity contribution in [1.82, 2.24) is 4.98 Å². The molecule has 0 saturated heterocycles. The third-order valence-corrected chi connectivity index (χ3v) is 3.48. The molecule has 0 unspecified atom stereocenters. The highest BCUT2D eigenvalue weighted by Crippen LogP contribution is 2.35. The Hall–Kier alpha value is -0.990. The van der Waals surface area contributed by atoms with Crippen LogP contribution in [0.15, 0.2) is 18.2 Å². The summed E-state index contributed by atoms with van der Waals surface area (Å²) in [7, 11) is 0. The Morgan fingerprint density at radius 1 is 1.16 bits per heavy atom. The molecule has 0 radical (unpaired) electrons. The van der Waals surface area contributed by atoms with Crippen LogP contribution < -0.4 is 5.32 Å². The number of aromatic nitrogens is 1. The lowest BCUT2D eigenvalue weighted by molar-refractivity contribution is 0.572. The van der Waals surface area contributed by atoms with Crippen LogP contribution in [0.1, 0.15) is 33.4 Å². The number of hydrogen-bond acceptors (Lipinski definition) is 2. The Kier molecular flexibility index (Phi) is 3.93. The summed E-state index contributed by atoms with van der Waals surface area (Å²) in [6.45, 7) is 9.32. The van der Waals surface area contributed by atoms with E-state index >= 15 is 0 Å². The van der Waals surface area contributed by atoms with E-state index < -0.39 is 0 Å². The van der Waals surface area contributed by atoms with E-state index in [2.05, 4.69) is 39.1 Å². The summed E-state index contributed by atoms with van der Waals surface area (Å²) in [6.07, 6.45) is 0. The zero-order chi connectivity index (χ0) is 14.2. The fourth-order valence-corrected chi connectivity index (χ4v) is 2.58. The number of nitrogens with one attached hydrogen (secondary N) is 1. The molecular formula is C15H18Cl2N2. The average Bonchev–Trinajstić information content (AvgIpc) is 2.26. The highest BCUT2D eigenvalue weighted by atomic mass is 35.5. The molecule has 0 aliphatic heterocycles. The maximum absolute atomic E-state index is 6.31. The molecule has 4 heteroatoms. The van der Waals surface area contributed by atoms with Gasteiger partial charge in [-0.1, -0.05) is 44.0 Å². The molecule has 0 bridgehead atoms. The molecule has 0 amide bonds. The quantitative estimate of drug-likeness (QED) is 0.816. The molecule has 1 heterocycles. The van der Waals surface area contributed by atoms with Crippen molar-refractivity contribution >= 4 is 39.8 Å². The number of pyridine rings is 1. The predicted molar refractivity (Wildman–Crippen MR) is 84.6 cm³/mol. The van der Waals surface area contributed by atoms with Gasteiger partial charge in [-0.05, 0) is 25.1 Å². The highest BCUT2D eigenvalue weighted by molar-refractivity contribution is 6.39. The molecule has 0 aliphatic carbocycles. The Morgan fingerprint density at radius 3 is 2.42 bits per heavy atom. The van der Waals surface area contributed by atoms with Crippen LogP contribution in [0.4, 0.5) is 5.69 Å². The van der Waals surface area contributed by atoms with Crippen LogP contribution in [0, 0.1) is 0 Å². The summed E-state index contributed by atoms with van der Waals surface area (Å²) >= 11 is 12.4. The Bertz CT molecular complexity index is 616. The molecule has 102 valence electrons. The molecule has 1 aromatic heterocycles. The van der Waals surface area contributed by atoms with Gasteiger partial charge in [0.1, 0.15) is 0 Å². The number of benzene rings is 1. The number of fused-ring (bicyclic) bond motifs is 1. The lowest BCUT2D eigenvalue weighted by Gasteiger charge is -2.21. The van der Waals surface area contributed by atoms with Gasteiger partial charge in [-0.3, -0.25) is 4.98 Å². The fraction of sp³-hybridized carbons (Fsp3) is 0.400. The van der Waals surface area contributed by atoms with Gasteiger partial charge >= 0.3 is 0 Å². The molecule has 2 aromatic rings. The lowest BCUT2D eigenvalue weighted by atomic mass is 9.90. The van der Waals surface area contributed by atoms with Crippen molar-refractivity contribution in [3.05, 3.63) is 33.9 Å². The summed E-state index contributed by atoms with van der Waals surface area (Å²) < 4.78 is 0. The largest absolute Gasteiger partial charge is 0.385 e. The van der Waals surface area contributed by atoms with Crippen LogP contribution in [0.25, 0.3) is 10.9 Å². The van der Waals surface area contributed by atoms with E-state index in [0.717, 1.165) is 28.8 Å². The monoisotopic (exact) mass is 296 g/mol. The minimum atomic E-state index is -0.0207. The summed E-state index contributed by atoms with van der Waals surface area (Å²) in [5.74, 6) is 0. The van der Waals surface area contributed by atoms with Crippen molar-refractivity contribution in [1.29, 1.82) is 0 Å². The second-order valence-corrected chi connectivity index (χ2v) is 6.46. The van der Waals surface area contributed by atoms with Gasteiger partial charge in [-0.2, -0.15) is 0 Å². The molecular weight excluding hydrogens is 279 g/mol. The maximum Gasteiger partial charge on any atom is 0.0756 e. The first-order chi connectivity index (χ1) is 8.82. The van der Waals surface area contributed by atoms with E-state index in [1.54, 1.807) is 6.07 Å². The van der Waals surface area contributed by atoms with Crippen molar-refractivity contribution in [2.24, 2.45) is 0 Å². The van der Waals surface area contributed by atoms with Crippen LogP contribution in [-0.4, -0.2) is 11.5 Å². The Labute approximate surface area is 124 Å². The second-order valence-electron chi connectivity index (χ2n) is 5.62. The molecule has 0 fully saturated rings. The van der Waals surface area contributed by atoms with E-state index in [4.69, 9.17) is 28.2 Å². The van der Waals surface area contributed by atoms with Crippen LogP contribution in [0.5, 0.6) is 0 Å². The standard InChI is InChI=1S/C15H18Cl2N2/c1-5-18-11-8-13(15(2,3)4)19-12-7-9(16)6-10(17)14(11)12/h6-8H,5H2,1-4H3,(H,18,19). The van der Waals surface area contributed by atoms with Crippen LogP contribution in [0.2, 0.25) is 10.0 Å². The molecule has 1 N–H and O–H groups in total. The molecule has 2 nitrogen and oxygen atoms in total. The van der Waals surface area contributed by atoms with Gasteiger partial charge in [0, 0.05) is 33.7 Å². The first-order valence-electron chi connectivity index (χ1n) is 6.37. The first-order valence-corrected chi connectivity index (χ1v) is 7.12.